The number of likely N-dealkylation sites (N-methyl/N-ethyl adjacent to an activating group) is 1. The van der Waals surface area contributed by atoms with Crippen LogP contribution in [0, 0.1) is 6.92 Å². The summed E-state index contributed by atoms with van der Waals surface area (Å²) in [5.41, 5.74) is 4.18. The first-order chi connectivity index (χ1) is 12.9. The summed E-state index contributed by atoms with van der Waals surface area (Å²) < 4.78 is 7.45. The van der Waals surface area contributed by atoms with Crippen LogP contribution in [0.2, 0.25) is 10.0 Å². The zero-order valence-electron chi connectivity index (χ0n) is 15.6. The summed E-state index contributed by atoms with van der Waals surface area (Å²) in [6, 6.07) is 13.3. The van der Waals surface area contributed by atoms with E-state index in [0.29, 0.717) is 23.0 Å². The van der Waals surface area contributed by atoms with E-state index in [9.17, 15) is 4.79 Å². The number of aryl methyl sites for hydroxylation is 1. The van der Waals surface area contributed by atoms with Crippen LogP contribution in [0.4, 0.5) is 4.79 Å². The molecule has 0 saturated carbocycles. The van der Waals surface area contributed by atoms with Crippen LogP contribution in [0.25, 0.3) is 10.9 Å². The minimum absolute atomic E-state index is 0.266. The minimum Gasteiger partial charge on any atom is -0.445 e. The van der Waals surface area contributed by atoms with Gasteiger partial charge < -0.3 is 14.2 Å². The molecule has 0 saturated heterocycles. The molecule has 0 N–H and O–H groups in total. The quantitative estimate of drug-likeness (QED) is 0.554. The first kappa shape index (κ1) is 19.6. The second kappa shape index (κ2) is 8.24. The van der Waals surface area contributed by atoms with Crippen LogP contribution in [-0.2, 0) is 24.8 Å². The van der Waals surface area contributed by atoms with E-state index in [1.165, 1.54) is 0 Å². The van der Waals surface area contributed by atoms with Crippen molar-refractivity contribution in [3.8, 4) is 0 Å². The van der Waals surface area contributed by atoms with Crippen molar-refractivity contribution < 1.29 is 9.53 Å². The van der Waals surface area contributed by atoms with Crippen LogP contribution in [0.15, 0.2) is 42.5 Å². The van der Waals surface area contributed by atoms with Crippen molar-refractivity contribution in [2.75, 3.05) is 13.6 Å². The molecule has 1 aromatic heterocycles. The van der Waals surface area contributed by atoms with Gasteiger partial charge in [-0.25, -0.2) is 4.79 Å². The maximum Gasteiger partial charge on any atom is 0.409 e. The summed E-state index contributed by atoms with van der Waals surface area (Å²) in [7, 11) is 3.73. The number of halogens is 2. The molecule has 0 fully saturated rings. The van der Waals surface area contributed by atoms with Crippen LogP contribution < -0.4 is 0 Å². The average molecular weight is 405 g/mol. The Labute approximate surface area is 169 Å². The summed E-state index contributed by atoms with van der Waals surface area (Å²) in [6.45, 7) is 2.85. The van der Waals surface area contributed by atoms with E-state index in [1.54, 1.807) is 18.0 Å². The highest BCUT2D eigenvalue weighted by atomic mass is 35.5. The lowest BCUT2D eigenvalue weighted by Gasteiger charge is -2.17. The molecule has 0 aliphatic rings. The number of fused-ring (bicyclic) bond motifs is 1. The molecule has 3 rings (SSSR count). The summed E-state index contributed by atoms with van der Waals surface area (Å²) in [4.78, 5) is 13.8. The number of rotatable bonds is 5. The summed E-state index contributed by atoms with van der Waals surface area (Å²) in [5, 5.41) is 2.26. The zero-order chi connectivity index (χ0) is 19.6. The van der Waals surface area contributed by atoms with Gasteiger partial charge in [0.05, 0.1) is 10.5 Å². The molecule has 0 aliphatic carbocycles. The van der Waals surface area contributed by atoms with Crippen molar-refractivity contribution >= 4 is 40.2 Å². The van der Waals surface area contributed by atoms with Gasteiger partial charge in [-0.2, -0.15) is 0 Å². The maximum atomic E-state index is 12.3. The SMILES string of the molecule is Cc1c(CCN(C)C(=O)OCc2ccccc2)c2cc(Cl)cc(Cl)c2n1C. The fourth-order valence-electron chi connectivity index (χ4n) is 3.22. The highest BCUT2D eigenvalue weighted by Crippen LogP contribution is 2.33. The largest absolute Gasteiger partial charge is 0.445 e. The molecule has 0 aliphatic heterocycles. The lowest BCUT2D eigenvalue weighted by atomic mass is 10.1. The first-order valence-corrected chi connectivity index (χ1v) is 9.48. The summed E-state index contributed by atoms with van der Waals surface area (Å²) in [5.74, 6) is 0. The molecule has 0 atom stereocenters. The Morgan fingerprint density at radius 3 is 2.59 bits per heavy atom. The molecular weight excluding hydrogens is 383 g/mol. The van der Waals surface area contributed by atoms with Gasteiger partial charge in [-0.05, 0) is 36.6 Å². The van der Waals surface area contributed by atoms with Gasteiger partial charge in [-0.1, -0.05) is 53.5 Å². The third-order valence-electron chi connectivity index (χ3n) is 4.84. The van der Waals surface area contributed by atoms with Crippen molar-refractivity contribution in [2.45, 2.75) is 20.0 Å². The van der Waals surface area contributed by atoms with E-state index in [4.69, 9.17) is 27.9 Å². The predicted octanol–water partition coefficient (Wildman–Crippen LogP) is 5.60. The molecule has 0 unspecified atom stereocenters. The smallest absolute Gasteiger partial charge is 0.409 e. The van der Waals surface area contributed by atoms with E-state index in [-0.39, 0.29) is 12.7 Å². The Hall–Kier alpha value is -2.17. The molecule has 4 nitrogen and oxygen atoms in total. The fourth-order valence-corrected chi connectivity index (χ4v) is 3.84. The number of aromatic nitrogens is 1. The second-order valence-electron chi connectivity index (χ2n) is 6.62. The molecule has 3 aromatic rings. The van der Waals surface area contributed by atoms with Crippen LogP contribution >= 0.6 is 23.2 Å². The molecule has 0 spiro atoms. The Balaban J connectivity index is 1.69. The van der Waals surface area contributed by atoms with Gasteiger partial charge in [0.2, 0.25) is 0 Å². The van der Waals surface area contributed by atoms with E-state index in [2.05, 4.69) is 4.57 Å². The molecule has 1 amide bonds. The van der Waals surface area contributed by atoms with Crippen molar-refractivity contribution in [3.05, 3.63) is 69.3 Å². The van der Waals surface area contributed by atoms with Gasteiger partial charge in [0, 0.05) is 36.7 Å². The van der Waals surface area contributed by atoms with Crippen LogP contribution in [0.5, 0.6) is 0 Å². The Morgan fingerprint density at radius 1 is 1.19 bits per heavy atom. The maximum absolute atomic E-state index is 12.3. The number of carbonyl (C=O) groups excluding carboxylic acids is 1. The van der Waals surface area contributed by atoms with Crippen molar-refractivity contribution in [1.29, 1.82) is 0 Å². The third-order valence-corrected chi connectivity index (χ3v) is 5.35. The molecule has 0 bridgehead atoms. The molecule has 0 radical (unpaired) electrons. The topological polar surface area (TPSA) is 34.5 Å². The van der Waals surface area contributed by atoms with Gasteiger partial charge in [0.25, 0.3) is 0 Å². The Morgan fingerprint density at radius 2 is 1.89 bits per heavy atom. The Kier molecular flexibility index (Phi) is 5.98. The molecule has 27 heavy (non-hydrogen) atoms. The van der Waals surface area contributed by atoms with Crippen molar-refractivity contribution in [2.24, 2.45) is 7.05 Å². The standard InChI is InChI=1S/C21H22Cl2N2O2/c1-14-17(18-11-16(22)12-19(23)20(18)25(14)3)9-10-24(2)21(26)27-13-15-7-5-4-6-8-15/h4-8,11-12H,9-10,13H2,1-3H3. The number of ether oxygens (including phenoxy) is 1. The average Bonchev–Trinajstić information content (AvgIpc) is 2.89. The zero-order valence-corrected chi connectivity index (χ0v) is 17.1. The molecule has 6 heteroatoms. The summed E-state index contributed by atoms with van der Waals surface area (Å²) >= 11 is 12.6. The molecule has 142 valence electrons. The molecule has 2 aromatic carbocycles. The van der Waals surface area contributed by atoms with Gasteiger partial charge in [0.1, 0.15) is 6.61 Å². The number of benzene rings is 2. The number of hydrogen-bond donors (Lipinski definition) is 0. The summed E-state index contributed by atoms with van der Waals surface area (Å²) in [6.07, 6.45) is 0.351. The minimum atomic E-state index is -0.340. The number of nitrogens with zero attached hydrogens (tertiary/aromatic N) is 2. The van der Waals surface area contributed by atoms with E-state index in [1.807, 2.05) is 50.4 Å². The highest BCUT2D eigenvalue weighted by Gasteiger charge is 2.17. The predicted molar refractivity (Wildman–Crippen MR) is 111 cm³/mol. The van der Waals surface area contributed by atoms with E-state index in [0.717, 1.165) is 27.7 Å². The number of amides is 1. The Bertz CT molecular complexity index is 967. The lowest BCUT2D eigenvalue weighted by Crippen LogP contribution is -2.29. The van der Waals surface area contributed by atoms with E-state index >= 15 is 0 Å². The monoisotopic (exact) mass is 404 g/mol. The van der Waals surface area contributed by atoms with Gasteiger partial charge in [0.15, 0.2) is 0 Å². The number of carbonyl (C=O) groups is 1. The van der Waals surface area contributed by atoms with E-state index < -0.39 is 0 Å². The third kappa shape index (κ3) is 4.23. The lowest BCUT2D eigenvalue weighted by molar-refractivity contribution is 0.105. The van der Waals surface area contributed by atoms with Crippen molar-refractivity contribution in [3.63, 3.8) is 0 Å². The van der Waals surface area contributed by atoms with Crippen molar-refractivity contribution in [1.82, 2.24) is 9.47 Å². The van der Waals surface area contributed by atoms with Gasteiger partial charge in [-0.3, -0.25) is 0 Å². The highest BCUT2D eigenvalue weighted by molar-refractivity contribution is 6.38. The number of hydrogen-bond acceptors (Lipinski definition) is 2. The van der Waals surface area contributed by atoms with Crippen LogP contribution in [0.3, 0.4) is 0 Å². The normalized spacial score (nSPS) is 11.0. The second-order valence-corrected chi connectivity index (χ2v) is 7.46. The molecular formula is C21H22Cl2N2O2. The van der Waals surface area contributed by atoms with Crippen LogP contribution in [0.1, 0.15) is 16.8 Å². The first-order valence-electron chi connectivity index (χ1n) is 8.73. The molecule has 1 heterocycles. The fraction of sp³-hybridized carbons (Fsp3) is 0.286. The van der Waals surface area contributed by atoms with Gasteiger partial charge >= 0.3 is 6.09 Å². The van der Waals surface area contributed by atoms with Gasteiger partial charge in [-0.15, -0.1) is 0 Å². The van der Waals surface area contributed by atoms with Crippen LogP contribution in [-0.4, -0.2) is 29.2 Å².